The van der Waals surface area contributed by atoms with Crippen LogP contribution in [-0.2, 0) is 5.60 Å². The third-order valence-corrected chi connectivity index (χ3v) is 2.88. The van der Waals surface area contributed by atoms with Gasteiger partial charge in [0.2, 0.25) is 0 Å². The maximum atomic E-state index is 9.99. The number of hydrogen-bond donors (Lipinski definition) is 1. The molecule has 0 spiro atoms. The van der Waals surface area contributed by atoms with Crippen molar-refractivity contribution in [3.8, 4) is 5.69 Å². The fourth-order valence-corrected chi connectivity index (χ4v) is 1.77. The second-order valence-electron chi connectivity index (χ2n) is 4.03. The topological polar surface area (TPSA) is 38.0 Å². The van der Waals surface area contributed by atoms with Crippen molar-refractivity contribution in [2.45, 2.75) is 18.4 Å². The van der Waals surface area contributed by atoms with Crippen LogP contribution in [0.25, 0.3) is 5.69 Å². The summed E-state index contributed by atoms with van der Waals surface area (Å²) in [6, 6.07) is 9.81. The zero-order valence-corrected chi connectivity index (χ0v) is 8.30. The molecule has 1 aliphatic carbocycles. The lowest BCUT2D eigenvalue weighted by Gasteiger charge is -2.09. The Morgan fingerprint density at radius 1 is 1.27 bits per heavy atom. The van der Waals surface area contributed by atoms with Crippen LogP contribution < -0.4 is 0 Å². The first kappa shape index (κ1) is 8.68. The number of benzene rings is 1. The average molecular weight is 200 g/mol. The maximum Gasteiger partial charge on any atom is 0.0899 e. The quantitative estimate of drug-likeness (QED) is 0.803. The highest BCUT2D eigenvalue weighted by molar-refractivity contribution is 5.39. The van der Waals surface area contributed by atoms with E-state index in [4.69, 9.17) is 0 Å². The molecule has 0 aliphatic heterocycles. The van der Waals surface area contributed by atoms with Crippen molar-refractivity contribution < 1.29 is 5.11 Å². The lowest BCUT2D eigenvalue weighted by Crippen LogP contribution is -2.05. The Labute approximate surface area is 88.0 Å². The molecule has 0 amide bonds. The van der Waals surface area contributed by atoms with E-state index >= 15 is 0 Å². The molecule has 1 aliphatic rings. The molecule has 3 nitrogen and oxygen atoms in total. The van der Waals surface area contributed by atoms with Crippen LogP contribution >= 0.6 is 0 Å². The Hall–Kier alpha value is -1.61. The Bertz CT molecular complexity index is 472. The summed E-state index contributed by atoms with van der Waals surface area (Å²) in [6.07, 6.45) is 5.39. The molecular formula is C12H12N2O. The Kier molecular flexibility index (Phi) is 1.70. The Morgan fingerprint density at radius 3 is 2.80 bits per heavy atom. The highest BCUT2D eigenvalue weighted by atomic mass is 16.3. The fraction of sp³-hybridized carbons (Fsp3) is 0.250. The van der Waals surface area contributed by atoms with Crippen molar-refractivity contribution in [2.24, 2.45) is 0 Å². The number of rotatable bonds is 2. The van der Waals surface area contributed by atoms with Crippen molar-refractivity contribution in [3.63, 3.8) is 0 Å². The van der Waals surface area contributed by atoms with Gasteiger partial charge in [-0.3, -0.25) is 0 Å². The van der Waals surface area contributed by atoms with Gasteiger partial charge in [0.1, 0.15) is 0 Å². The summed E-state index contributed by atoms with van der Waals surface area (Å²) in [5.74, 6) is 0. The molecule has 1 heterocycles. The van der Waals surface area contributed by atoms with Gasteiger partial charge in [0.05, 0.1) is 11.3 Å². The number of nitrogens with zero attached hydrogens (tertiary/aromatic N) is 2. The smallest absolute Gasteiger partial charge is 0.0899 e. The van der Waals surface area contributed by atoms with E-state index in [0.717, 1.165) is 24.1 Å². The normalized spacial score (nSPS) is 17.7. The van der Waals surface area contributed by atoms with Crippen LogP contribution in [-0.4, -0.2) is 14.9 Å². The molecule has 76 valence electrons. The molecule has 1 N–H and O–H groups in total. The van der Waals surface area contributed by atoms with Gasteiger partial charge in [0.25, 0.3) is 0 Å². The van der Waals surface area contributed by atoms with Crippen molar-refractivity contribution in [3.05, 3.63) is 48.3 Å². The van der Waals surface area contributed by atoms with E-state index in [1.807, 2.05) is 36.5 Å². The minimum atomic E-state index is -0.566. The number of aromatic nitrogens is 2. The van der Waals surface area contributed by atoms with E-state index in [-0.39, 0.29) is 0 Å². The minimum Gasteiger partial charge on any atom is -0.385 e. The number of aliphatic hydroxyl groups is 1. The van der Waals surface area contributed by atoms with E-state index in [2.05, 4.69) is 5.10 Å². The molecule has 0 saturated heterocycles. The minimum absolute atomic E-state index is 0.566. The van der Waals surface area contributed by atoms with Gasteiger partial charge in [0, 0.05) is 12.4 Å². The van der Waals surface area contributed by atoms with Gasteiger partial charge in [0.15, 0.2) is 0 Å². The average Bonchev–Trinajstić information content (AvgIpc) is 2.84. The summed E-state index contributed by atoms with van der Waals surface area (Å²) < 4.78 is 1.80. The fourth-order valence-electron chi connectivity index (χ4n) is 1.77. The largest absolute Gasteiger partial charge is 0.385 e. The van der Waals surface area contributed by atoms with Gasteiger partial charge >= 0.3 is 0 Å². The van der Waals surface area contributed by atoms with Crippen LogP contribution in [0.1, 0.15) is 18.4 Å². The molecule has 3 heteroatoms. The highest BCUT2D eigenvalue weighted by Gasteiger charge is 2.42. The second-order valence-corrected chi connectivity index (χ2v) is 4.03. The van der Waals surface area contributed by atoms with Gasteiger partial charge < -0.3 is 5.11 Å². The molecule has 1 fully saturated rings. The molecule has 15 heavy (non-hydrogen) atoms. The van der Waals surface area contributed by atoms with Crippen molar-refractivity contribution >= 4 is 0 Å². The molecular weight excluding hydrogens is 188 g/mol. The first-order valence-corrected chi connectivity index (χ1v) is 5.11. The predicted octanol–water partition coefficient (Wildman–Crippen LogP) is 1.85. The summed E-state index contributed by atoms with van der Waals surface area (Å²) in [5, 5.41) is 14.2. The summed E-state index contributed by atoms with van der Waals surface area (Å²) in [7, 11) is 0. The van der Waals surface area contributed by atoms with Gasteiger partial charge in [-0.15, -0.1) is 0 Å². The van der Waals surface area contributed by atoms with Crippen molar-refractivity contribution in [1.82, 2.24) is 9.78 Å². The van der Waals surface area contributed by atoms with Crippen molar-refractivity contribution in [2.75, 3.05) is 0 Å². The van der Waals surface area contributed by atoms with Crippen LogP contribution in [0, 0.1) is 0 Å². The molecule has 0 unspecified atom stereocenters. The van der Waals surface area contributed by atoms with Crippen LogP contribution in [0.2, 0.25) is 0 Å². The zero-order chi connectivity index (χ0) is 10.3. The SMILES string of the molecule is OC1(c2cccc(-n3cccn3)c2)CC1. The van der Waals surface area contributed by atoms with E-state index in [9.17, 15) is 5.11 Å². The molecule has 0 radical (unpaired) electrons. The van der Waals surface area contributed by atoms with Gasteiger partial charge in [-0.2, -0.15) is 5.10 Å². The van der Waals surface area contributed by atoms with E-state index in [0.29, 0.717) is 0 Å². The second kappa shape index (κ2) is 2.94. The van der Waals surface area contributed by atoms with Crippen molar-refractivity contribution in [1.29, 1.82) is 0 Å². The van der Waals surface area contributed by atoms with Gasteiger partial charge in [-0.1, -0.05) is 12.1 Å². The van der Waals surface area contributed by atoms with Crippen LogP contribution in [0.4, 0.5) is 0 Å². The molecule has 0 atom stereocenters. The van der Waals surface area contributed by atoms with Crippen LogP contribution in [0.3, 0.4) is 0 Å². The lowest BCUT2D eigenvalue weighted by molar-refractivity contribution is 0.151. The molecule has 1 aromatic heterocycles. The van der Waals surface area contributed by atoms with Gasteiger partial charge in [-0.25, -0.2) is 4.68 Å². The summed E-state index contributed by atoms with van der Waals surface area (Å²) in [5.41, 5.74) is 1.43. The van der Waals surface area contributed by atoms with Crippen LogP contribution in [0.5, 0.6) is 0 Å². The Balaban J connectivity index is 2.04. The first-order chi connectivity index (χ1) is 7.28. The standard InChI is InChI=1S/C12H12N2O/c15-12(5-6-12)10-3-1-4-11(9-10)14-8-2-7-13-14/h1-4,7-9,15H,5-6H2. The molecule has 2 aromatic rings. The van der Waals surface area contributed by atoms with E-state index in [1.54, 1.807) is 10.9 Å². The summed E-state index contributed by atoms with van der Waals surface area (Å²) in [4.78, 5) is 0. The monoisotopic (exact) mass is 200 g/mol. The summed E-state index contributed by atoms with van der Waals surface area (Å²) in [6.45, 7) is 0. The lowest BCUT2D eigenvalue weighted by atomic mass is 10.1. The van der Waals surface area contributed by atoms with Gasteiger partial charge in [-0.05, 0) is 36.6 Å². The molecule has 3 rings (SSSR count). The maximum absolute atomic E-state index is 9.99. The predicted molar refractivity (Wildman–Crippen MR) is 56.7 cm³/mol. The van der Waals surface area contributed by atoms with Crippen LogP contribution in [0.15, 0.2) is 42.7 Å². The highest BCUT2D eigenvalue weighted by Crippen LogP contribution is 2.45. The van der Waals surface area contributed by atoms with E-state index in [1.165, 1.54) is 0 Å². The summed E-state index contributed by atoms with van der Waals surface area (Å²) >= 11 is 0. The number of hydrogen-bond acceptors (Lipinski definition) is 2. The zero-order valence-electron chi connectivity index (χ0n) is 8.30. The third-order valence-electron chi connectivity index (χ3n) is 2.88. The Morgan fingerprint density at radius 2 is 2.13 bits per heavy atom. The molecule has 1 saturated carbocycles. The third kappa shape index (κ3) is 1.45. The van der Waals surface area contributed by atoms with E-state index < -0.39 is 5.60 Å². The molecule has 0 bridgehead atoms. The first-order valence-electron chi connectivity index (χ1n) is 5.11. The molecule has 1 aromatic carbocycles.